The molecule has 98 valence electrons. The highest BCUT2D eigenvalue weighted by Crippen LogP contribution is 2.32. The molecule has 0 bridgehead atoms. The maximum atomic E-state index is 11.9. The van der Waals surface area contributed by atoms with Crippen molar-refractivity contribution < 1.29 is 9.90 Å². The fourth-order valence-electron chi connectivity index (χ4n) is 3.43. The lowest BCUT2D eigenvalue weighted by Crippen LogP contribution is -2.45. The Balaban J connectivity index is 1.89. The van der Waals surface area contributed by atoms with Gasteiger partial charge >= 0.3 is 0 Å². The summed E-state index contributed by atoms with van der Waals surface area (Å²) in [6.45, 7) is 2.51. The predicted octanol–water partition coefficient (Wildman–Crippen LogP) is 1.98. The molecule has 3 nitrogen and oxygen atoms in total. The van der Waals surface area contributed by atoms with Gasteiger partial charge in [-0.2, -0.15) is 0 Å². The van der Waals surface area contributed by atoms with E-state index in [1.165, 1.54) is 19.3 Å². The summed E-state index contributed by atoms with van der Waals surface area (Å²) in [4.78, 5) is 14.4. The fourth-order valence-corrected chi connectivity index (χ4v) is 3.43. The molecule has 1 saturated heterocycles. The zero-order chi connectivity index (χ0) is 12.1. The van der Waals surface area contributed by atoms with Crippen molar-refractivity contribution in [3.05, 3.63) is 0 Å². The van der Waals surface area contributed by atoms with Crippen LogP contribution in [0.25, 0.3) is 0 Å². The van der Waals surface area contributed by atoms with Gasteiger partial charge in [0.05, 0.1) is 0 Å². The van der Waals surface area contributed by atoms with Crippen molar-refractivity contribution in [2.24, 2.45) is 5.92 Å². The Morgan fingerprint density at radius 3 is 2.76 bits per heavy atom. The third-order valence-corrected chi connectivity index (χ3v) is 4.33. The molecule has 1 saturated carbocycles. The van der Waals surface area contributed by atoms with E-state index in [9.17, 15) is 4.79 Å². The Morgan fingerprint density at radius 2 is 2.06 bits per heavy atom. The minimum atomic E-state index is 0.293. The average Bonchev–Trinajstić information content (AvgIpc) is 2.76. The van der Waals surface area contributed by atoms with Gasteiger partial charge in [-0.05, 0) is 51.6 Å². The van der Waals surface area contributed by atoms with E-state index in [1.807, 2.05) is 0 Å². The number of aliphatic hydroxyl groups is 1. The lowest BCUT2D eigenvalue weighted by Gasteiger charge is -2.38. The van der Waals surface area contributed by atoms with Gasteiger partial charge in [0, 0.05) is 25.0 Å². The maximum absolute atomic E-state index is 11.9. The van der Waals surface area contributed by atoms with Crippen molar-refractivity contribution in [1.82, 2.24) is 4.90 Å². The third kappa shape index (κ3) is 3.29. The summed E-state index contributed by atoms with van der Waals surface area (Å²) in [7, 11) is 0. The lowest BCUT2D eigenvalue weighted by atomic mass is 9.88. The first-order chi connectivity index (χ1) is 8.33. The van der Waals surface area contributed by atoms with Gasteiger partial charge in [-0.15, -0.1) is 0 Å². The molecule has 2 aliphatic rings. The molecule has 1 aliphatic heterocycles. The van der Waals surface area contributed by atoms with E-state index < -0.39 is 0 Å². The number of unbranched alkanes of at least 4 members (excludes halogenated alkanes) is 1. The van der Waals surface area contributed by atoms with Gasteiger partial charge in [-0.3, -0.25) is 9.69 Å². The maximum Gasteiger partial charge on any atom is 0.137 e. The van der Waals surface area contributed by atoms with Gasteiger partial charge in [-0.1, -0.05) is 6.42 Å². The number of ketones is 1. The van der Waals surface area contributed by atoms with E-state index in [1.54, 1.807) is 0 Å². The highest BCUT2D eigenvalue weighted by Gasteiger charge is 2.36. The number of hydrogen-bond donors (Lipinski definition) is 1. The van der Waals surface area contributed by atoms with Gasteiger partial charge in [0.15, 0.2) is 0 Å². The first-order valence-corrected chi connectivity index (χ1v) is 7.20. The zero-order valence-electron chi connectivity index (χ0n) is 10.7. The largest absolute Gasteiger partial charge is 0.396 e. The van der Waals surface area contributed by atoms with Gasteiger partial charge in [-0.25, -0.2) is 0 Å². The highest BCUT2D eigenvalue weighted by molar-refractivity contribution is 5.83. The summed E-state index contributed by atoms with van der Waals surface area (Å²) < 4.78 is 0. The smallest absolute Gasteiger partial charge is 0.137 e. The second-order valence-corrected chi connectivity index (χ2v) is 5.49. The Kier molecular flexibility index (Phi) is 4.99. The molecule has 1 N–H and O–H groups in total. The normalized spacial score (nSPS) is 31.0. The van der Waals surface area contributed by atoms with Crippen LogP contribution in [0.2, 0.25) is 0 Å². The fraction of sp³-hybridized carbons (Fsp3) is 0.929. The topological polar surface area (TPSA) is 40.5 Å². The summed E-state index contributed by atoms with van der Waals surface area (Å²) in [6.07, 6.45) is 8.74. The zero-order valence-corrected chi connectivity index (χ0v) is 10.7. The minimum Gasteiger partial charge on any atom is -0.396 e. The predicted molar refractivity (Wildman–Crippen MR) is 67.9 cm³/mol. The van der Waals surface area contributed by atoms with Crippen molar-refractivity contribution in [1.29, 1.82) is 0 Å². The molecule has 2 unspecified atom stereocenters. The van der Waals surface area contributed by atoms with E-state index in [0.29, 0.717) is 24.3 Å². The average molecular weight is 239 g/mol. The van der Waals surface area contributed by atoms with Crippen LogP contribution in [0.15, 0.2) is 0 Å². The second kappa shape index (κ2) is 6.50. The summed E-state index contributed by atoms with van der Waals surface area (Å²) in [5.41, 5.74) is 0. The van der Waals surface area contributed by atoms with Crippen LogP contribution in [-0.2, 0) is 4.79 Å². The summed E-state index contributed by atoms with van der Waals surface area (Å²) in [5.74, 6) is 0.827. The van der Waals surface area contributed by atoms with Crippen LogP contribution in [0.4, 0.5) is 0 Å². The van der Waals surface area contributed by atoms with Crippen LogP contribution < -0.4 is 0 Å². The molecule has 0 spiro atoms. The number of Topliss-reactive ketones (excluding diaryl/α,β-unsaturated/α-hetero) is 1. The van der Waals surface area contributed by atoms with Gasteiger partial charge in [0.2, 0.25) is 0 Å². The number of piperidine rings is 1. The van der Waals surface area contributed by atoms with E-state index in [4.69, 9.17) is 5.11 Å². The molecular formula is C14H25NO2. The van der Waals surface area contributed by atoms with Gasteiger partial charge in [0.25, 0.3) is 0 Å². The van der Waals surface area contributed by atoms with E-state index in [-0.39, 0.29) is 0 Å². The van der Waals surface area contributed by atoms with Gasteiger partial charge in [0.1, 0.15) is 5.78 Å². The molecule has 2 atom stereocenters. The van der Waals surface area contributed by atoms with E-state index in [2.05, 4.69) is 4.90 Å². The van der Waals surface area contributed by atoms with Gasteiger partial charge < -0.3 is 5.11 Å². The molecule has 0 amide bonds. The molecule has 3 heteroatoms. The number of nitrogens with zero attached hydrogens (tertiary/aromatic N) is 1. The SMILES string of the molecule is O=C1CCCC1C1CCCCN1CCCCO. The number of likely N-dealkylation sites (tertiary alicyclic amines) is 1. The number of rotatable bonds is 5. The van der Waals surface area contributed by atoms with Crippen LogP contribution in [0, 0.1) is 5.92 Å². The van der Waals surface area contributed by atoms with Crippen molar-refractivity contribution in [3.8, 4) is 0 Å². The number of aliphatic hydroxyl groups excluding tert-OH is 1. The third-order valence-electron chi connectivity index (χ3n) is 4.33. The standard InChI is InChI=1S/C14H25NO2/c16-11-4-3-10-15-9-2-1-7-13(15)12-6-5-8-14(12)17/h12-13,16H,1-11H2. The Bertz CT molecular complexity index is 255. The molecule has 2 fully saturated rings. The molecule has 0 radical (unpaired) electrons. The van der Waals surface area contributed by atoms with Crippen LogP contribution in [0.5, 0.6) is 0 Å². The van der Waals surface area contributed by atoms with Crippen LogP contribution in [0.3, 0.4) is 0 Å². The van der Waals surface area contributed by atoms with Crippen molar-refractivity contribution in [2.45, 2.75) is 57.4 Å². The molecule has 1 aliphatic carbocycles. The minimum absolute atomic E-state index is 0.293. The molecule has 0 aromatic rings. The molecule has 0 aromatic carbocycles. The Morgan fingerprint density at radius 1 is 1.18 bits per heavy atom. The van der Waals surface area contributed by atoms with Crippen LogP contribution in [0.1, 0.15) is 51.4 Å². The number of carbonyl (C=O) groups is 1. The summed E-state index contributed by atoms with van der Waals surface area (Å²) in [6, 6.07) is 0.512. The molecule has 2 rings (SSSR count). The second-order valence-electron chi connectivity index (χ2n) is 5.49. The Hall–Kier alpha value is -0.410. The van der Waals surface area contributed by atoms with Crippen LogP contribution in [-0.4, -0.2) is 41.5 Å². The Labute approximate surface area is 104 Å². The molecule has 1 heterocycles. The monoisotopic (exact) mass is 239 g/mol. The van der Waals surface area contributed by atoms with E-state index >= 15 is 0 Å². The molecular weight excluding hydrogens is 214 g/mol. The summed E-state index contributed by atoms with van der Waals surface area (Å²) in [5, 5.41) is 8.84. The number of hydrogen-bond acceptors (Lipinski definition) is 3. The van der Waals surface area contributed by atoms with Crippen molar-refractivity contribution in [2.75, 3.05) is 19.7 Å². The highest BCUT2D eigenvalue weighted by atomic mass is 16.2. The molecule has 0 aromatic heterocycles. The van der Waals surface area contributed by atoms with Crippen molar-refractivity contribution >= 4 is 5.78 Å². The van der Waals surface area contributed by atoms with Crippen LogP contribution >= 0.6 is 0 Å². The number of carbonyl (C=O) groups excluding carboxylic acids is 1. The summed E-state index contributed by atoms with van der Waals surface area (Å²) >= 11 is 0. The first-order valence-electron chi connectivity index (χ1n) is 7.20. The van der Waals surface area contributed by atoms with Crippen molar-refractivity contribution in [3.63, 3.8) is 0 Å². The first kappa shape index (κ1) is 13.0. The molecule has 17 heavy (non-hydrogen) atoms. The lowest BCUT2D eigenvalue weighted by molar-refractivity contribution is -0.123. The quantitative estimate of drug-likeness (QED) is 0.746. The van der Waals surface area contributed by atoms with E-state index in [0.717, 1.165) is 45.2 Å².